The predicted molar refractivity (Wildman–Crippen MR) is 92.0 cm³/mol. The number of amides is 1. The van der Waals surface area contributed by atoms with E-state index in [0.717, 1.165) is 12.1 Å². The summed E-state index contributed by atoms with van der Waals surface area (Å²) < 4.78 is 44.8. The summed E-state index contributed by atoms with van der Waals surface area (Å²) in [6.07, 6.45) is 0.509. The normalized spacial score (nSPS) is 15.6. The highest BCUT2D eigenvalue weighted by Gasteiger charge is 2.27. The fourth-order valence-corrected chi connectivity index (χ4v) is 2.99. The molecule has 0 unspecified atom stereocenters. The minimum absolute atomic E-state index is 0. The molecular weight excluding hydrogens is 377 g/mol. The number of hydrogen-bond donors (Lipinski definition) is 2. The van der Waals surface area contributed by atoms with Gasteiger partial charge in [-0.2, -0.15) is 3.89 Å². The summed E-state index contributed by atoms with van der Waals surface area (Å²) in [5, 5.41) is 2.46. The van der Waals surface area contributed by atoms with Crippen LogP contribution in [0, 0.1) is 11.6 Å². The Morgan fingerprint density at radius 1 is 1.24 bits per heavy atom. The van der Waals surface area contributed by atoms with Crippen molar-refractivity contribution in [3.8, 4) is 5.75 Å². The first kappa shape index (κ1) is 19.4. The zero-order valence-corrected chi connectivity index (χ0v) is 14.4. The zero-order valence-electron chi connectivity index (χ0n) is 12.7. The van der Waals surface area contributed by atoms with Gasteiger partial charge in [-0.3, -0.25) is 4.79 Å². The van der Waals surface area contributed by atoms with Gasteiger partial charge < -0.3 is 15.8 Å². The van der Waals surface area contributed by atoms with E-state index in [0.29, 0.717) is 23.5 Å². The fourth-order valence-electron chi connectivity index (χ4n) is 2.54. The number of nitrogens with one attached hydrogen (secondary N) is 1. The number of halogens is 4. The van der Waals surface area contributed by atoms with Crippen molar-refractivity contribution in [2.45, 2.75) is 17.4 Å². The molecule has 0 radical (unpaired) electrons. The highest BCUT2D eigenvalue weighted by Crippen LogP contribution is 2.41. The van der Waals surface area contributed by atoms with Gasteiger partial charge in [-0.25, -0.2) is 8.78 Å². The van der Waals surface area contributed by atoms with Crippen LogP contribution in [0.5, 0.6) is 5.75 Å². The molecule has 1 aliphatic heterocycles. The number of fused-ring (bicyclic) bond motifs is 1. The van der Waals surface area contributed by atoms with Crippen LogP contribution in [0.4, 0.5) is 18.4 Å². The Kier molecular flexibility index (Phi) is 6.21. The van der Waals surface area contributed by atoms with Gasteiger partial charge in [-0.1, -0.05) is 0 Å². The quantitative estimate of drug-likeness (QED) is 0.815. The first-order valence-corrected chi connectivity index (χ1v) is 7.83. The number of anilines is 1. The number of ether oxygens (including phenoxy) is 1. The first-order valence-electron chi connectivity index (χ1n) is 7.11. The van der Waals surface area contributed by atoms with E-state index in [9.17, 15) is 17.5 Å². The second-order valence-corrected chi connectivity index (χ2v) is 5.85. The molecule has 25 heavy (non-hydrogen) atoms. The predicted octanol–water partition coefficient (Wildman–Crippen LogP) is 4.40. The lowest BCUT2D eigenvalue weighted by molar-refractivity contribution is 0.102. The Labute approximate surface area is 152 Å². The van der Waals surface area contributed by atoms with E-state index in [4.69, 9.17) is 10.5 Å². The molecule has 3 N–H and O–H groups in total. The highest BCUT2D eigenvalue weighted by atomic mass is 35.5. The van der Waals surface area contributed by atoms with Crippen LogP contribution in [0.25, 0.3) is 0 Å². The van der Waals surface area contributed by atoms with Gasteiger partial charge >= 0.3 is 0 Å². The minimum atomic E-state index is -1.07. The summed E-state index contributed by atoms with van der Waals surface area (Å²) in [6, 6.07) is 5.43. The van der Waals surface area contributed by atoms with Crippen molar-refractivity contribution >= 4 is 36.1 Å². The van der Waals surface area contributed by atoms with Gasteiger partial charge in [0.15, 0.2) is 11.6 Å². The van der Waals surface area contributed by atoms with Gasteiger partial charge in [0.1, 0.15) is 5.75 Å². The summed E-state index contributed by atoms with van der Waals surface area (Å²) in [4.78, 5) is 12.7. The van der Waals surface area contributed by atoms with Crippen LogP contribution in [-0.4, -0.2) is 12.5 Å². The molecule has 1 atom stereocenters. The van der Waals surface area contributed by atoms with Gasteiger partial charge in [0, 0.05) is 34.7 Å². The molecule has 9 heteroatoms. The number of carbonyl (C=O) groups is 1. The topological polar surface area (TPSA) is 64.3 Å². The maximum atomic E-state index is 13.2. The third-order valence-electron chi connectivity index (χ3n) is 3.71. The van der Waals surface area contributed by atoms with Crippen LogP contribution in [0.1, 0.15) is 28.4 Å². The van der Waals surface area contributed by atoms with Crippen molar-refractivity contribution in [3.05, 3.63) is 53.1 Å². The molecule has 0 saturated carbocycles. The number of rotatable bonds is 3. The van der Waals surface area contributed by atoms with E-state index in [-0.39, 0.29) is 41.6 Å². The lowest BCUT2D eigenvalue weighted by Crippen LogP contribution is -2.24. The van der Waals surface area contributed by atoms with Gasteiger partial charge in [-0.15, -0.1) is 12.4 Å². The van der Waals surface area contributed by atoms with Crippen molar-refractivity contribution in [2.24, 2.45) is 5.73 Å². The number of benzene rings is 2. The molecule has 1 heterocycles. The Morgan fingerprint density at radius 3 is 2.68 bits per heavy atom. The smallest absolute Gasteiger partial charge is 0.259 e. The largest absolute Gasteiger partial charge is 0.492 e. The van der Waals surface area contributed by atoms with Crippen molar-refractivity contribution < 1.29 is 22.2 Å². The molecule has 0 fully saturated rings. The molecule has 0 spiro atoms. The van der Waals surface area contributed by atoms with Gasteiger partial charge in [0.25, 0.3) is 5.91 Å². The standard InChI is InChI=1S/C16H13F3N2O2S.ClH/c17-10-3-1-8(7-11(10)18)21-16(22)9-2-4-13(24-19)14-12(20)5-6-23-15(9)14;/h1-4,7,12H,5-6,20H2,(H,21,22);1H/t12-;/m0./s1. The lowest BCUT2D eigenvalue weighted by Gasteiger charge is -2.26. The van der Waals surface area contributed by atoms with Crippen LogP contribution in [0.2, 0.25) is 0 Å². The van der Waals surface area contributed by atoms with Crippen molar-refractivity contribution in [2.75, 3.05) is 11.9 Å². The Hall–Kier alpha value is -1.90. The summed E-state index contributed by atoms with van der Waals surface area (Å²) in [6.45, 7) is 0.306. The van der Waals surface area contributed by atoms with Crippen molar-refractivity contribution in [1.29, 1.82) is 0 Å². The number of nitrogens with two attached hydrogens (primary N) is 1. The van der Waals surface area contributed by atoms with E-state index in [1.54, 1.807) is 0 Å². The zero-order chi connectivity index (χ0) is 17.3. The summed E-state index contributed by atoms with van der Waals surface area (Å²) in [5.41, 5.74) is 6.68. The van der Waals surface area contributed by atoms with Crippen LogP contribution in [0.3, 0.4) is 0 Å². The maximum Gasteiger partial charge on any atom is 0.259 e. The van der Waals surface area contributed by atoms with Crippen LogP contribution < -0.4 is 15.8 Å². The fraction of sp³-hybridized carbons (Fsp3) is 0.188. The van der Waals surface area contributed by atoms with E-state index in [2.05, 4.69) is 5.32 Å². The second-order valence-electron chi connectivity index (χ2n) is 5.26. The van der Waals surface area contributed by atoms with Crippen molar-refractivity contribution in [1.82, 2.24) is 0 Å². The maximum absolute atomic E-state index is 13.2. The van der Waals surface area contributed by atoms with E-state index in [1.807, 2.05) is 0 Å². The molecule has 2 aromatic carbocycles. The average molecular weight is 391 g/mol. The van der Waals surface area contributed by atoms with Crippen LogP contribution in [0.15, 0.2) is 35.2 Å². The van der Waals surface area contributed by atoms with Gasteiger partial charge in [0.05, 0.1) is 24.3 Å². The minimum Gasteiger partial charge on any atom is -0.492 e. The summed E-state index contributed by atoms with van der Waals surface area (Å²) >= 11 is 0.0322. The molecule has 0 aromatic heterocycles. The second kappa shape index (κ2) is 7.99. The van der Waals surface area contributed by atoms with E-state index < -0.39 is 23.6 Å². The molecule has 1 aliphatic rings. The third kappa shape index (κ3) is 3.86. The Balaban J connectivity index is 0.00000225. The molecule has 1 amide bonds. The number of hydrogen-bond acceptors (Lipinski definition) is 4. The summed E-state index contributed by atoms with van der Waals surface area (Å²) in [7, 11) is 0. The molecule has 2 aromatic rings. The molecule has 0 bridgehead atoms. The molecule has 0 aliphatic carbocycles. The van der Waals surface area contributed by atoms with Gasteiger partial charge in [-0.05, 0) is 24.3 Å². The lowest BCUT2D eigenvalue weighted by atomic mass is 9.97. The molecule has 0 saturated heterocycles. The average Bonchev–Trinajstić information content (AvgIpc) is 2.57. The van der Waals surface area contributed by atoms with Crippen molar-refractivity contribution in [3.63, 3.8) is 0 Å². The summed E-state index contributed by atoms with van der Waals surface area (Å²) in [5.74, 6) is -2.44. The Morgan fingerprint density at radius 2 is 2.00 bits per heavy atom. The third-order valence-corrected chi connectivity index (χ3v) is 4.23. The van der Waals surface area contributed by atoms with Crippen LogP contribution in [-0.2, 0) is 0 Å². The molecule has 3 rings (SSSR count). The SMILES string of the molecule is Cl.N[C@H]1CCOc2c(C(=O)Nc3ccc(F)c(F)c3)ccc(SF)c21. The van der Waals surface area contributed by atoms with Gasteiger partial charge in [0.2, 0.25) is 0 Å². The van der Waals surface area contributed by atoms with E-state index >= 15 is 0 Å². The molecule has 4 nitrogen and oxygen atoms in total. The highest BCUT2D eigenvalue weighted by molar-refractivity contribution is 7.94. The number of carbonyl (C=O) groups excluding carboxylic acids is 1. The monoisotopic (exact) mass is 390 g/mol. The first-order chi connectivity index (χ1) is 11.5. The molecular formula is C16H14ClF3N2O2S. The van der Waals surface area contributed by atoms with Crippen LogP contribution >= 0.6 is 24.6 Å². The van der Waals surface area contributed by atoms with E-state index in [1.165, 1.54) is 18.2 Å². The Bertz CT molecular complexity index is 807. The molecule has 134 valence electrons.